The summed E-state index contributed by atoms with van der Waals surface area (Å²) < 4.78 is 11.9. The van der Waals surface area contributed by atoms with Gasteiger partial charge in [0.25, 0.3) is 5.91 Å². The second-order valence-electron chi connectivity index (χ2n) is 9.14. The molecule has 0 N–H and O–H groups in total. The zero-order chi connectivity index (χ0) is 25.9. The van der Waals surface area contributed by atoms with Crippen LogP contribution in [-0.4, -0.2) is 67.3 Å². The fourth-order valence-electron chi connectivity index (χ4n) is 4.74. The fourth-order valence-corrected chi connectivity index (χ4v) is 6.45. The summed E-state index contributed by atoms with van der Waals surface area (Å²) in [6, 6.07) is 19.7. The average molecular weight is 545 g/mol. The van der Waals surface area contributed by atoms with Gasteiger partial charge in [0.1, 0.15) is 5.75 Å². The van der Waals surface area contributed by atoms with Crippen LogP contribution < -0.4 is 9.64 Å². The average Bonchev–Trinajstić information content (AvgIpc) is 3.65. The van der Waals surface area contributed by atoms with Gasteiger partial charge in [-0.2, -0.15) is 0 Å². The van der Waals surface area contributed by atoms with Crippen LogP contribution in [0.5, 0.6) is 5.75 Å². The molecule has 0 saturated carbocycles. The molecule has 1 saturated heterocycles. The molecule has 0 unspecified atom stereocenters. The Labute approximate surface area is 229 Å². The van der Waals surface area contributed by atoms with Gasteiger partial charge >= 0.3 is 0 Å². The van der Waals surface area contributed by atoms with Crippen molar-refractivity contribution in [1.29, 1.82) is 0 Å². The van der Waals surface area contributed by atoms with Crippen molar-refractivity contribution in [3.63, 3.8) is 0 Å². The molecular weight excluding hydrogens is 516 g/mol. The third-order valence-corrected chi connectivity index (χ3v) is 8.67. The molecule has 38 heavy (non-hydrogen) atoms. The summed E-state index contributed by atoms with van der Waals surface area (Å²) in [7, 11) is 1.66. The summed E-state index contributed by atoms with van der Waals surface area (Å²) in [5.41, 5.74) is 3.12. The van der Waals surface area contributed by atoms with E-state index >= 15 is 0 Å². The molecule has 194 valence electrons. The molecule has 1 aliphatic rings. The summed E-state index contributed by atoms with van der Waals surface area (Å²) in [4.78, 5) is 29.4. The Morgan fingerprint density at radius 3 is 2.74 bits per heavy atom. The largest absolute Gasteiger partial charge is 0.497 e. The maximum Gasteiger partial charge on any atom is 0.260 e. The minimum atomic E-state index is -0.0607. The SMILES string of the molecule is COc1ccc2nc(N(CCCN3CCOCC3)C(=O)c3cc(-c4cccs4)nc4ccccc34)sc2c1. The lowest BCUT2D eigenvalue weighted by molar-refractivity contribution is 0.0376. The van der Waals surface area contributed by atoms with Crippen LogP contribution in [0, 0.1) is 0 Å². The van der Waals surface area contributed by atoms with Crippen LogP contribution in [0.1, 0.15) is 16.8 Å². The Kier molecular flexibility index (Phi) is 7.33. The second-order valence-corrected chi connectivity index (χ2v) is 11.1. The van der Waals surface area contributed by atoms with E-state index in [1.54, 1.807) is 18.4 Å². The molecule has 4 heterocycles. The normalized spacial score (nSPS) is 14.2. The number of hydrogen-bond acceptors (Lipinski definition) is 8. The lowest BCUT2D eigenvalue weighted by Gasteiger charge is -2.28. The number of anilines is 1. The number of methoxy groups -OCH3 is 1. The van der Waals surface area contributed by atoms with Crippen LogP contribution >= 0.6 is 22.7 Å². The molecule has 0 radical (unpaired) electrons. The van der Waals surface area contributed by atoms with Crippen molar-refractivity contribution in [2.75, 3.05) is 51.4 Å². The highest BCUT2D eigenvalue weighted by Crippen LogP contribution is 2.34. The van der Waals surface area contributed by atoms with E-state index in [2.05, 4.69) is 4.90 Å². The molecule has 7 nitrogen and oxygen atoms in total. The highest BCUT2D eigenvalue weighted by molar-refractivity contribution is 7.22. The number of carbonyl (C=O) groups excluding carboxylic acids is 1. The first-order valence-electron chi connectivity index (χ1n) is 12.7. The molecule has 0 spiro atoms. The molecule has 6 rings (SSSR count). The van der Waals surface area contributed by atoms with E-state index in [0.29, 0.717) is 17.2 Å². The number of amides is 1. The topological polar surface area (TPSA) is 67.8 Å². The minimum Gasteiger partial charge on any atom is -0.497 e. The van der Waals surface area contributed by atoms with Crippen LogP contribution in [0.3, 0.4) is 0 Å². The van der Waals surface area contributed by atoms with Gasteiger partial charge in [-0.25, -0.2) is 9.97 Å². The van der Waals surface area contributed by atoms with Gasteiger partial charge in [0.15, 0.2) is 5.13 Å². The van der Waals surface area contributed by atoms with E-state index in [4.69, 9.17) is 19.4 Å². The lowest BCUT2D eigenvalue weighted by Crippen LogP contribution is -2.39. The van der Waals surface area contributed by atoms with Crippen molar-refractivity contribution >= 4 is 54.8 Å². The van der Waals surface area contributed by atoms with Crippen molar-refractivity contribution in [3.8, 4) is 16.3 Å². The molecule has 9 heteroatoms. The number of nitrogens with zero attached hydrogens (tertiary/aromatic N) is 4. The van der Waals surface area contributed by atoms with E-state index in [1.807, 2.05) is 70.9 Å². The van der Waals surface area contributed by atoms with Crippen molar-refractivity contribution in [2.24, 2.45) is 0 Å². The van der Waals surface area contributed by atoms with E-state index in [1.165, 1.54) is 11.3 Å². The molecule has 3 aromatic heterocycles. The monoisotopic (exact) mass is 544 g/mol. The van der Waals surface area contributed by atoms with Crippen LogP contribution in [0.25, 0.3) is 31.7 Å². The number of ether oxygens (including phenoxy) is 2. The van der Waals surface area contributed by atoms with Crippen molar-refractivity contribution in [2.45, 2.75) is 6.42 Å². The first-order valence-corrected chi connectivity index (χ1v) is 14.4. The molecule has 0 atom stereocenters. The number of hydrogen-bond donors (Lipinski definition) is 0. The summed E-state index contributed by atoms with van der Waals surface area (Å²) in [6.07, 6.45) is 0.839. The maximum absolute atomic E-state index is 14.4. The number of morpholine rings is 1. The van der Waals surface area contributed by atoms with Crippen LogP contribution in [0.15, 0.2) is 66.0 Å². The molecule has 5 aromatic rings. The zero-order valence-corrected chi connectivity index (χ0v) is 22.8. The molecular formula is C29H28N4O3S2. The Hall–Kier alpha value is -3.37. The third kappa shape index (κ3) is 5.15. The Bertz CT molecular complexity index is 1560. The Morgan fingerprint density at radius 1 is 1.05 bits per heavy atom. The molecule has 1 amide bonds. The Morgan fingerprint density at radius 2 is 1.92 bits per heavy atom. The Balaban J connectivity index is 1.39. The van der Waals surface area contributed by atoms with E-state index in [0.717, 1.165) is 76.7 Å². The van der Waals surface area contributed by atoms with Gasteiger partial charge in [0, 0.05) is 31.6 Å². The zero-order valence-electron chi connectivity index (χ0n) is 21.1. The van der Waals surface area contributed by atoms with Crippen molar-refractivity contribution in [3.05, 3.63) is 71.6 Å². The minimum absolute atomic E-state index is 0.0607. The first kappa shape index (κ1) is 24.9. The van der Waals surface area contributed by atoms with Crippen molar-refractivity contribution < 1.29 is 14.3 Å². The number of pyridine rings is 1. The van der Waals surface area contributed by atoms with Gasteiger partial charge in [0.05, 0.1) is 52.2 Å². The van der Waals surface area contributed by atoms with Gasteiger partial charge in [-0.3, -0.25) is 14.6 Å². The van der Waals surface area contributed by atoms with E-state index in [9.17, 15) is 4.79 Å². The number of thiophene rings is 1. The standard InChI is InChI=1S/C29H28N4O3S2/c1-35-20-9-10-24-27(18-20)38-29(31-24)33(12-5-11-32-13-15-36-16-14-32)28(34)22-19-25(26-8-4-17-37-26)30-23-7-3-2-6-21(22)23/h2-4,6-10,17-19H,5,11-16H2,1H3. The van der Waals surface area contributed by atoms with Gasteiger partial charge in [-0.1, -0.05) is 35.6 Å². The van der Waals surface area contributed by atoms with Crippen molar-refractivity contribution in [1.82, 2.24) is 14.9 Å². The number of fused-ring (bicyclic) bond motifs is 2. The predicted molar refractivity (Wildman–Crippen MR) is 155 cm³/mol. The number of para-hydroxylation sites is 1. The number of aromatic nitrogens is 2. The first-order chi connectivity index (χ1) is 18.7. The van der Waals surface area contributed by atoms with E-state index in [-0.39, 0.29) is 5.91 Å². The van der Waals surface area contributed by atoms with Crippen LogP contribution in [0.2, 0.25) is 0 Å². The fraction of sp³-hybridized carbons (Fsp3) is 0.276. The number of thiazole rings is 1. The molecule has 0 bridgehead atoms. The summed E-state index contributed by atoms with van der Waals surface area (Å²) in [5, 5.41) is 3.57. The van der Waals surface area contributed by atoms with Gasteiger partial charge in [-0.15, -0.1) is 11.3 Å². The highest BCUT2D eigenvalue weighted by atomic mass is 32.1. The maximum atomic E-state index is 14.4. The number of rotatable bonds is 8. The summed E-state index contributed by atoms with van der Waals surface area (Å²) in [5.74, 6) is 0.716. The van der Waals surface area contributed by atoms with Gasteiger partial charge in [0.2, 0.25) is 0 Å². The van der Waals surface area contributed by atoms with Gasteiger partial charge < -0.3 is 9.47 Å². The summed E-state index contributed by atoms with van der Waals surface area (Å²) >= 11 is 3.14. The second kappa shape index (κ2) is 11.2. The number of carbonyl (C=O) groups is 1. The quantitative estimate of drug-likeness (QED) is 0.241. The molecule has 0 aliphatic carbocycles. The van der Waals surface area contributed by atoms with Crippen LogP contribution in [-0.2, 0) is 4.74 Å². The predicted octanol–water partition coefficient (Wildman–Crippen LogP) is 5.95. The van der Waals surface area contributed by atoms with Gasteiger partial charge in [-0.05, 0) is 48.2 Å². The van der Waals surface area contributed by atoms with Crippen LogP contribution in [0.4, 0.5) is 5.13 Å². The lowest BCUT2D eigenvalue weighted by atomic mass is 10.1. The molecule has 1 fully saturated rings. The molecule has 2 aromatic carbocycles. The van der Waals surface area contributed by atoms with E-state index < -0.39 is 0 Å². The third-order valence-electron chi connectivity index (χ3n) is 6.74. The smallest absolute Gasteiger partial charge is 0.260 e. The highest BCUT2D eigenvalue weighted by Gasteiger charge is 2.25. The number of benzene rings is 2. The summed E-state index contributed by atoms with van der Waals surface area (Å²) in [6.45, 7) is 4.84. The molecule has 1 aliphatic heterocycles.